The molecular formula is C13H16FN5O. The van der Waals surface area contributed by atoms with Crippen LogP contribution in [0.1, 0.15) is 18.9 Å². The van der Waals surface area contributed by atoms with E-state index in [4.69, 9.17) is 5.73 Å². The minimum absolute atomic E-state index is 0.292. The predicted octanol–water partition coefficient (Wildman–Crippen LogP) is 1.59. The Hall–Kier alpha value is -2.15. The van der Waals surface area contributed by atoms with Crippen LogP contribution in [-0.4, -0.2) is 28.7 Å². The number of anilines is 1. The van der Waals surface area contributed by atoms with Crippen LogP contribution in [0.4, 0.5) is 14.9 Å². The number of nitrogens with zero attached hydrogens (tertiary/aromatic N) is 2. The molecule has 3 heterocycles. The SMILES string of the molecule is NC(=O)Nc1cn(C2CCNCC2)c2ncc(F)cc12. The molecule has 1 aliphatic heterocycles. The Morgan fingerprint density at radius 2 is 2.25 bits per heavy atom. The summed E-state index contributed by atoms with van der Waals surface area (Å²) in [5, 5.41) is 6.40. The van der Waals surface area contributed by atoms with E-state index in [0.29, 0.717) is 22.8 Å². The highest BCUT2D eigenvalue weighted by Gasteiger charge is 2.20. The van der Waals surface area contributed by atoms with Gasteiger partial charge in [-0.3, -0.25) is 0 Å². The molecule has 0 aromatic carbocycles. The van der Waals surface area contributed by atoms with E-state index in [2.05, 4.69) is 15.6 Å². The quantitative estimate of drug-likeness (QED) is 0.779. The number of nitrogens with two attached hydrogens (primary N) is 1. The van der Waals surface area contributed by atoms with Crippen LogP contribution in [0.15, 0.2) is 18.5 Å². The van der Waals surface area contributed by atoms with Crippen molar-refractivity contribution >= 4 is 22.8 Å². The van der Waals surface area contributed by atoms with E-state index >= 15 is 0 Å². The van der Waals surface area contributed by atoms with Crippen LogP contribution in [0.5, 0.6) is 0 Å². The lowest BCUT2D eigenvalue weighted by Crippen LogP contribution is -2.29. The Kier molecular flexibility index (Phi) is 3.27. The van der Waals surface area contributed by atoms with Gasteiger partial charge in [-0.2, -0.15) is 0 Å². The highest BCUT2D eigenvalue weighted by molar-refractivity contribution is 5.99. The number of primary amides is 1. The van der Waals surface area contributed by atoms with Crippen molar-refractivity contribution in [2.75, 3.05) is 18.4 Å². The number of carbonyl (C=O) groups is 1. The lowest BCUT2D eigenvalue weighted by atomic mass is 10.1. The zero-order valence-corrected chi connectivity index (χ0v) is 10.9. The van der Waals surface area contributed by atoms with Gasteiger partial charge in [0.25, 0.3) is 0 Å². The summed E-state index contributed by atoms with van der Waals surface area (Å²) in [4.78, 5) is 15.2. The lowest BCUT2D eigenvalue weighted by molar-refractivity contribution is 0.259. The molecule has 1 saturated heterocycles. The van der Waals surface area contributed by atoms with E-state index < -0.39 is 11.8 Å². The predicted molar refractivity (Wildman–Crippen MR) is 74.0 cm³/mol. The summed E-state index contributed by atoms with van der Waals surface area (Å²) in [6.07, 6.45) is 4.92. The Balaban J connectivity index is 2.09. The average molecular weight is 277 g/mol. The minimum atomic E-state index is -0.668. The molecule has 0 saturated carbocycles. The molecular weight excluding hydrogens is 261 g/mol. The Morgan fingerprint density at radius 3 is 2.95 bits per heavy atom. The molecule has 0 radical (unpaired) electrons. The first-order chi connectivity index (χ1) is 9.65. The van der Waals surface area contributed by atoms with Crippen molar-refractivity contribution in [2.45, 2.75) is 18.9 Å². The van der Waals surface area contributed by atoms with Crippen LogP contribution in [0.25, 0.3) is 11.0 Å². The van der Waals surface area contributed by atoms with Gasteiger partial charge in [0.2, 0.25) is 0 Å². The first-order valence-corrected chi connectivity index (χ1v) is 6.58. The summed E-state index contributed by atoms with van der Waals surface area (Å²) in [7, 11) is 0. The molecule has 2 amide bonds. The number of fused-ring (bicyclic) bond motifs is 1. The first kappa shape index (κ1) is 12.9. The third-order valence-electron chi connectivity index (χ3n) is 3.60. The second-order valence-electron chi connectivity index (χ2n) is 4.95. The first-order valence-electron chi connectivity index (χ1n) is 6.58. The molecule has 106 valence electrons. The maximum Gasteiger partial charge on any atom is 0.316 e. The van der Waals surface area contributed by atoms with E-state index in [1.54, 1.807) is 6.20 Å². The number of nitrogens with one attached hydrogen (secondary N) is 2. The molecule has 1 fully saturated rings. The van der Waals surface area contributed by atoms with Crippen LogP contribution >= 0.6 is 0 Å². The molecule has 0 aliphatic carbocycles. The third kappa shape index (κ3) is 2.32. The minimum Gasteiger partial charge on any atom is -0.351 e. The van der Waals surface area contributed by atoms with Crippen molar-refractivity contribution in [3.05, 3.63) is 24.3 Å². The van der Waals surface area contributed by atoms with Gasteiger partial charge >= 0.3 is 6.03 Å². The summed E-state index contributed by atoms with van der Waals surface area (Å²) in [5.41, 5.74) is 6.32. The van der Waals surface area contributed by atoms with Crippen LogP contribution in [0.3, 0.4) is 0 Å². The number of aromatic nitrogens is 2. The second kappa shape index (κ2) is 5.09. The van der Waals surface area contributed by atoms with Gasteiger partial charge in [-0.1, -0.05) is 0 Å². The molecule has 0 spiro atoms. The van der Waals surface area contributed by atoms with Crippen LogP contribution in [0.2, 0.25) is 0 Å². The number of halogens is 1. The number of carbonyl (C=O) groups excluding carboxylic acids is 1. The van der Waals surface area contributed by atoms with Gasteiger partial charge in [-0.25, -0.2) is 14.2 Å². The number of hydrogen-bond donors (Lipinski definition) is 3. The molecule has 3 rings (SSSR count). The van der Waals surface area contributed by atoms with Crippen molar-refractivity contribution in [1.29, 1.82) is 0 Å². The fourth-order valence-electron chi connectivity index (χ4n) is 2.70. The van der Waals surface area contributed by atoms with Crippen molar-refractivity contribution < 1.29 is 9.18 Å². The number of amides is 2. The summed E-state index contributed by atoms with van der Waals surface area (Å²) in [5.74, 6) is -0.437. The number of urea groups is 1. The molecule has 2 aromatic heterocycles. The van der Waals surface area contributed by atoms with Crippen molar-refractivity contribution in [1.82, 2.24) is 14.9 Å². The third-order valence-corrected chi connectivity index (χ3v) is 3.60. The molecule has 0 bridgehead atoms. The van der Waals surface area contributed by atoms with Crippen LogP contribution in [-0.2, 0) is 0 Å². The fraction of sp³-hybridized carbons (Fsp3) is 0.385. The summed E-state index contributed by atoms with van der Waals surface area (Å²) in [6.45, 7) is 1.87. The average Bonchev–Trinajstić information content (AvgIpc) is 2.77. The number of hydrogen-bond acceptors (Lipinski definition) is 3. The number of rotatable bonds is 2. The molecule has 4 N–H and O–H groups in total. The zero-order valence-electron chi connectivity index (χ0n) is 10.9. The normalized spacial score (nSPS) is 16.4. The maximum atomic E-state index is 13.4. The second-order valence-corrected chi connectivity index (χ2v) is 4.95. The summed E-state index contributed by atoms with van der Waals surface area (Å²) >= 11 is 0. The van der Waals surface area contributed by atoms with Gasteiger partial charge in [-0.15, -0.1) is 0 Å². The van der Waals surface area contributed by atoms with Gasteiger partial charge in [0.15, 0.2) is 0 Å². The van der Waals surface area contributed by atoms with Crippen molar-refractivity contribution in [2.24, 2.45) is 5.73 Å². The largest absolute Gasteiger partial charge is 0.351 e. The van der Waals surface area contributed by atoms with E-state index in [-0.39, 0.29) is 0 Å². The van der Waals surface area contributed by atoms with Crippen molar-refractivity contribution in [3.8, 4) is 0 Å². The number of piperidine rings is 1. The molecule has 0 atom stereocenters. The molecule has 2 aromatic rings. The molecule has 7 heteroatoms. The van der Waals surface area contributed by atoms with Crippen LogP contribution in [0, 0.1) is 5.82 Å². The van der Waals surface area contributed by atoms with Gasteiger partial charge in [-0.05, 0) is 32.0 Å². The van der Waals surface area contributed by atoms with Gasteiger partial charge < -0.3 is 20.9 Å². The van der Waals surface area contributed by atoms with Crippen LogP contribution < -0.4 is 16.4 Å². The topological polar surface area (TPSA) is 85.0 Å². The maximum absolute atomic E-state index is 13.4. The lowest BCUT2D eigenvalue weighted by Gasteiger charge is -2.24. The summed E-state index contributed by atoms with van der Waals surface area (Å²) < 4.78 is 15.4. The van der Waals surface area contributed by atoms with Gasteiger partial charge in [0.1, 0.15) is 11.5 Å². The number of pyridine rings is 1. The summed E-state index contributed by atoms with van der Waals surface area (Å²) in [6, 6.07) is 0.990. The molecule has 6 nitrogen and oxygen atoms in total. The highest BCUT2D eigenvalue weighted by atomic mass is 19.1. The van der Waals surface area contributed by atoms with E-state index in [1.807, 2.05) is 4.57 Å². The van der Waals surface area contributed by atoms with Gasteiger partial charge in [0.05, 0.1) is 11.9 Å². The van der Waals surface area contributed by atoms with Gasteiger partial charge in [0, 0.05) is 17.6 Å². The monoisotopic (exact) mass is 277 g/mol. The fourth-order valence-corrected chi connectivity index (χ4v) is 2.70. The highest BCUT2D eigenvalue weighted by Crippen LogP contribution is 2.30. The Morgan fingerprint density at radius 1 is 1.50 bits per heavy atom. The molecule has 1 aliphatic rings. The zero-order chi connectivity index (χ0) is 14.1. The van der Waals surface area contributed by atoms with E-state index in [0.717, 1.165) is 25.9 Å². The van der Waals surface area contributed by atoms with E-state index in [9.17, 15) is 9.18 Å². The smallest absolute Gasteiger partial charge is 0.316 e. The Bertz CT molecular complexity index is 647. The molecule has 0 unspecified atom stereocenters. The van der Waals surface area contributed by atoms with Crippen molar-refractivity contribution in [3.63, 3.8) is 0 Å². The Labute approximate surface area is 115 Å². The van der Waals surface area contributed by atoms with E-state index in [1.165, 1.54) is 12.3 Å². The standard InChI is InChI=1S/C13H16FN5O/c14-8-5-10-11(18-13(15)20)7-19(12(10)17-6-8)9-1-3-16-4-2-9/h5-7,9,16H,1-4H2,(H3,15,18,20). The molecule has 20 heavy (non-hydrogen) atoms.